The van der Waals surface area contributed by atoms with E-state index in [2.05, 4.69) is 10.3 Å². The molecule has 0 saturated carbocycles. The summed E-state index contributed by atoms with van der Waals surface area (Å²) in [5.74, 6) is -0.758. The van der Waals surface area contributed by atoms with E-state index in [1.807, 2.05) is 0 Å². The zero-order valence-electron chi connectivity index (χ0n) is 10.2. The highest BCUT2D eigenvalue weighted by Gasteiger charge is 2.14. The van der Waals surface area contributed by atoms with Crippen molar-refractivity contribution in [1.29, 1.82) is 0 Å². The fourth-order valence-corrected chi connectivity index (χ4v) is 1.50. The summed E-state index contributed by atoms with van der Waals surface area (Å²) in [6, 6.07) is 7.20. The van der Waals surface area contributed by atoms with E-state index >= 15 is 0 Å². The van der Waals surface area contributed by atoms with E-state index in [4.69, 9.17) is 10.5 Å². The minimum atomic E-state index is -0.675. The molecule has 0 radical (unpaired) electrons. The molecule has 0 unspecified atom stereocenters. The van der Waals surface area contributed by atoms with Crippen LogP contribution in [0, 0.1) is 5.82 Å². The molecule has 1 amide bonds. The third kappa shape index (κ3) is 2.79. The van der Waals surface area contributed by atoms with Gasteiger partial charge in [0.25, 0.3) is 5.91 Å². The second kappa shape index (κ2) is 5.34. The fourth-order valence-electron chi connectivity index (χ4n) is 1.50. The van der Waals surface area contributed by atoms with Gasteiger partial charge in [0.1, 0.15) is 11.6 Å². The first-order valence-corrected chi connectivity index (χ1v) is 5.47. The number of amides is 1. The molecule has 0 aliphatic carbocycles. The van der Waals surface area contributed by atoms with Gasteiger partial charge >= 0.3 is 0 Å². The molecule has 0 spiro atoms. The van der Waals surface area contributed by atoms with E-state index in [0.29, 0.717) is 11.4 Å². The average molecular weight is 261 g/mol. The molecule has 0 saturated heterocycles. The number of aromatic nitrogens is 1. The van der Waals surface area contributed by atoms with Gasteiger partial charge in [-0.05, 0) is 24.3 Å². The van der Waals surface area contributed by atoms with Gasteiger partial charge in [0.2, 0.25) is 0 Å². The normalized spacial score (nSPS) is 10.0. The van der Waals surface area contributed by atoms with Gasteiger partial charge in [-0.25, -0.2) is 9.37 Å². The first-order valence-electron chi connectivity index (χ1n) is 5.47. The summed E-state index contributed by atoms with van der Waals surface area (Å²) < 4.78 is 18.6. The maximum atomic E-state index is 13.7. The van der Waals surface area contributed by atoms with E-state index in [1.165, 1.54) is 25.4 Å². The Balaban J connectivity index is 2.23. The third-order valence-electron chi connectivity index (χ3n) is 2.49. The minimum absolute atomic E-state index is 0.106. The van der Waals surface area contributed by atoms with Gasteiger partial charge in [0, 0.05) is 12.3 Å². The first kappa shape index (κ1) is 12.8. The molecule has 98 valence electrons. The molecule has 19 heavy (non-hydrogen) atoms. The monoisotopic (exact) mass is 261 g/mol. The lowest BCUT2D eigenvalue weighted by Gasteiger charge is -2.08. The Morgan fingerprint density at radius 3 is 2.84 bits per heavy atom. The highest BCUT2D eigenvalue weighted by molar-refractivity contribution is 6.05. The molecule has 5 nitrogen and oxygen atoms in total. The Morgan fingerprint density at radius 2 is 2.21 bits per heavy atom. The van der Waals surface area contributed by atoms with E-state index in [1.54, 1.807) is 12.1 Å². The van der Waals surface area contributed by atoms with Gasteiger partial charge in [-0.15, -0.1) is 0 Å². The molecule has 0 aliphatic heterocycles. The number of ether oxygens (including phenoxy) is 1. The van der Waals surface area contributed by atoms with Crippen molar-refractivity contribution in [2.24, 2.45) is 0 Å². The lowest BCUT2D eigenvalue weighted by Crippen LogP contribution is -2.15. The Kier molecular flexibility index (Phi) is 3.61. The Bertz CT molecular complexity index is 617. The van der Waals surface area contributed by atoms with Crippen molar-refractivity contribution in [3.05, 3.63) is 47.9 Å². The van der Waals surface area contributed by atoms with E-state index in [9.17, 15) is 9.18 Å². The topological polar surface area (TPSA) is 77.2 Å². The number of nitrogens with one attached hydrogen (secondary N) is 1. The average Bonchev–Trinajstić information content (AvgIpc) is 2.41. The molecule has 3 N–H and O–H groups in total. The number of carbonyl (C=O) groups excluding carboxylic acids is 1. The van der Waals surface area contributed by atoms with Gasteiger partial charge in [-0.1, -0.05) is 0 Å². The SMILES string of the molecule is COc1ccc(C(=O)Nc2ncccc2N)c(F)c1. The second-order valence-corrected chi connectivity index (χ2v) is 3.74. The smallest absolute Gasteiger partial charge is 0.259 e. The van der Waals surface area contributed by atoms with Crippen molar-refractivity contribution in [2.45, 2.75) is 0 Å². The summed E-state index contributed by atoms with van der Waals surface area (Å²) >= 11 is 0. The summed E-state index contributed by atoms with van der Waals surface area (Å²) in [5.41, 5.74) is 5.84. The van der Waals surface area contributed by atoms with Crippen LogP contribution in [-0.2, 0) is 0 Å². The number of halogens is 1. The molecular formula is C13H12FN3O2. The number of benzene rings is 1. The summed E-state index contributed by atoms with van der Waals surface area (Å²) in [6.07, 6.45) is 1.48. The summed E-state index contributed by atoms with van der Waals surface area (Å²) in [6.45, 7) is 0. The summed E-state index contributed by atoms with van der Waals surface area (Å²) in [7, 11) is 1.42. The van der Waals surface area contributed by atoms with Crippen molar-refractivity contribution in [3.8, 4) is 5.75 Å². The van der Waals surface area contributed by atoms with Crippen molar-refractivity contribution in [3.63, 3.8) is 0 Å². The van der Waals surface area contributed by atoms with Crippen LogP contribution in [0.1, 0.15) is 10.4 Å². The number of nitrogen functional groups attached to an aromatic ring is 1. The molecule has 1 aromatic heterocycles. The number of pyridine rings is 1. The number of nitrogens with two attached hydrogens (primary N) is 1. The Labute approximate surface area is 109 Å². The highest BCUT2D eigenvalue weighted by Crippen LogP contribution is 2.19. The van der Waals surface area contributed by atoms with Crippen LogP contribution >= 0.6 is 0 Å². The number of nitrogens with zero attached hydrogens (tertiary/aromatic N) is 1. The van der Waals surface area contributed by atoms with Gasteiger partial charge in [0.05, 0.1) is 18.4 Å². The van der Waals surface area contributed by atoms with Crippen LogP contribution in [0.3, 0.4) is 0 Å². The number of rotatable bonds is 3. The fraction of sp³-hybridized carbons (Fsp3) is 0.0769. The van der Waals surface area contributed by atoms with E-state index < -0.39 is 11.7 Å². The molecule has 6 heteroatoms. The molecule has 2 aromatic rings. The summed E-state index contributed by atoms with van der Waals surface area (Å²) in [5, 5.41) is 2.45. The predicted octanol–water partition coefficient (Wildman–Crippen LogP) is 2.06. The minimum Gasteiger partial charge on any atom is -0.497 e. The van der Waals surface area contributed by atoms with Crippen molar-refractivity contribution >= 4 is 17.4 Å². The molecule has 0 bridgehead atoms. The first-order chi connectivity index (χ1) is 9.11. The second-order valence-electron chi connectivity index (χ2n) is 3.74. The number of carbonyl (C=O) groups is 1. The van der Waals surface area contributed by atoms with Crippen LogP contribution in [-0.4, -0.2) is 18.0 Å². The molecule has 0 aliphatic rings. The maximum absolute atomic E-state index is 13.7. The van der Waals surface area contributed by atoms with Crippen LogP contribution in [0.4, 0.5) is 15.9 Å². The number of hydrogen-bond acceptors (Lipinski definition) is 4. The number of anilines is 2. The van der Waals surface area contributed by atoms with Crippen LogP contribution in [0.25, 0.3) is 0 Å². The lowest BCUT2D eigenvalue weighted by molar-refractivity contribution is 0.102. The van der Waals surface area contributed by atoms with Crippen LogP contribution in [0.15, 0.2) is 36.5 Å². The number of methoxy groups -OCH3 is 1. The largest absolute Gasteiger partial charge is 0.497 e. The molecular weight excluding hydrogens is 249 g/mol. The van der Waals surface area contributed by atoms with Crippen molar-refractivity contribution in [2.75, 3.05) is 18.2 Å². The summed E-state index contributed by atoms with van der Waals surface area (Å²) in [4.78, 5) is 15.8. The molecule has 1 aromatic carbocycles. The predicted molar refractivity (Wildman–Crippen MR) is 69.6 cm³/mol. The molecule has 0 atom stereocenters. The van der Waals surface area contributed by atoms with Gasteiger partial charge < -0.3 is 15.8 Å². The third-order valence-corrected chi connectivity index (χ3v) is 2.49. The van der Waals surface area contributed by atoms with Crippen LogP contribution < -0.4 is 15.8 Å². The van der Waals surface area contributed by atoms with Crippen molar-refractivity contribution < 1.29 is 13.9 Å². The van der Waals surface area contributed by atoms with Gasteiger partial charge in [0.15, 0.2) is 5.82 Å². The van der Waals surface area contributed by atoms with E-state index in [0.717, 1.165) is 6.07 Å². The zero-order valence-corrected chi connectivity index (χ0v) is 10.2. The number of hydrogen-bond donors (Lipinski definition) is 2. The zero-order chi connectivity index (χ0) is 13.8. The molecule has 2 rings (SSSR count). The lowest BCUT2D eigenvalue weighted by atomic mass is 10.2. The van der Waals surface area contributed by atoms with E-state index in [-0.39, 0.29) is 11.4 Å². The van der Waals surface area contributed by atoms with Gasteiger partial charge in [-0.3, -0.25) is 4.79 Å². The highest BCUT2D eigenvalue weighted by atomic mass is 19.1. The quantitative estimate of drug-likeness (QED) is 0.886. The Hall–Kier alpha value is -2.63. The molecule has 1 heterocycles. The molecule has 0 fully saturated rings. The maximum Gasteiger partial charge on any atom is 0.259 e. The van der Waals surface area contributed by atoms with Crippen LogP contribution in [0.5, 0.6) is 5.75 Å². The Morgan fingerprint density at radius 1 is 1.42 bits per heavy atom. The van der Waals surface area contributed by atoms with Crippen LogP contribution in [0.2, 0.25) is 0 Å². The van der Waals surface area contributed by atoms with Crippen molar-refractivity contribution in [1.82, 2.24) is 4.98 Å². The van der Waals surface area contributed by atoms with Gasteiger partial charge in [-0.2, -0.15) is 0 Å². The standard InChI is InChI=1S/C13H12FN3O2/c1-19-8-4-5-9(10(14)7-8)13(18)17-12-11(15)3-2-6-16-12/h2-7H,15H2,1H3,(H,16,17,18).